The van der Waals surface area contributed by atoms with Crippen LogP contribution in [0, 0.1) is 0 Å². The van der Waals surface area contributed by atoms with Gasteiger partial charge in [0.1, 0.15) is 5.82 Å². The van der Waals surface area contributed by atoms with Crippen LogP contribution in [0.25, 0.3) is 0 Å². The maximum Gasteiger partial charge on any atom is 0.126 e. The van der Waals surface area contributed by atoms with E-state index in [0.717, 1.165) is 30.3 Å². The topological polar surface area (TPSA) is 41.0 Å². The molecule has 94 valence electrons. The van der Waals surface area contributed by atoms with Gasteiger partial charge in [-0.25, -0.2) is 4.98 Å². The lowest BCUT2D eigenvalue weighted by molar-refractivity contribution is 0.311. The largest absolute Gasteiger partial charge is 0.373 e. The van der Waals surface area contributed by atoms with Crippen LogP contribution in [-0.2, 0) is 13.1 Å². The number of hydrogen-bond donors (Lipinski definition) is 1. The van der Waals surface area contributed by atoms with Crippen molar-refractivity contribution in [2.24, 2.45) is 0 Å². The maximum atomic E-state index is 4.50. The number of rotatable bonds is 5. The highest BCUT2D eigenvalue weighted by Gasteiger charge is 2.03. The summed E-state index contributed by atoms with van der Waals surface area (Å²) in [5.41, 5.74) is 2.13. The normalized spacial score (nSPS) is 10.6. The molecule has 0 unspecified atom stereocenters. The van der Waals surface area contributed by atoms with Crippen LogP contribution in [0.5, 0.6) is 0 Å². The summed E-state index contributed by atoms with van der Waals surface area (Å²) in [6, 6.07) is 12.0. The number of aromatic nitrogens is 2. The SMILES string of the molecule is CNc1cccc(CN(C)Cc2ccccn2)n1. The van der Waals surface area contributed by atoms with Gasteiger partial charge in [0.25, 0.3) is 0 Å². The van der Waals surface area contributed by atoms with Gasteiger partial charge < -0.3 is 5.32 Å². The molecule has 4 heteroatoms. The van der Waals surface area contributed by atoms with Crippen molar-refractivity contribution in [3.8, 4) is 0 Å². The van der Waals surface area contributed by atoms with E-state index in [0.29, 0.717) is 0 Å². The highest BCUT2D eigenvalue weighted by Crippen LogP contribution is 2.07. The number of nitrogens with one attached hydrogen (secondary N) is 1. The van der Waals surface area contributed by atoms with Crippen molar-refractivity contribution in [3.05, 3.63) is 54.0 Å². The molecule has 1 N–H and O–H groups in total. The molecule has 18 heavy (non-hydrogen) atoms. The van der Waals surface area contributed by atoms with Crippen LogP contribution in [-0.4, -0.2) is 29.0 Å². The Morgan fingerprint density at radius 2 is 1.83 bits per heavy atom. The predicted molar refractivity (Wildman–Crippen MR) is 73.2 cm³/mol. The summed E-state index contributed by atoms with van der Waals surface area (Å²) in [5.74, 6) is 0.902. The van der Waals surface area contributed by atoms with Crippen LogP contribution < -0.4 is 5.32 Å². The van der Waals surface area contributed by atoms with Gasteiger partial charge >= 0.3 is 0 Å². The van der Waals surface area contributed by atoms with Gasteiger partial charge in [-0.15, -0.1) is 0 Å². The number of pyridine rings is 2. The van der Waals surface area contributed by atoms with Gasteiger partial charge in [-0.2, -0.15) is 0 Å². The summed E-state index contributed by atoms with van der Waals surface area (Å²) in [4.78, 5) is 11.0. The summed E-state index contributed by atoms with van der Waals surface area (Å²) in [7, 11) is 3.95. The average molecular weight is 242 g/mol. The van der Waals surface area contributed by atoms with E-state index in [1.165, 1.54) is 0 Å². The van der Waals surface area contributed by atoms with E-state index in [9.17, 15) is 0 Å². The zero-order valence-electron chi connectivity index (χ0n) is 10.8. The van der Waals surface area contributed by atoms with Gasteiger partial charge in [-0.05, 0) is 31.3 Å². The molecule has 0 radical (unpaired) electrons. The first-order valence-electron chi connectivity index (χ1n) is 6.00. The van der Waals surface area contributed by atoms with E-state index >= 15 is 0 Å². The van der Waals surface area contributed by atoms with E-state index in [2.05, 4.69) is 27.2 Å². The quantitative estimate of drug-likeness (QED) is 0.872. The molecule has 0 spiro atoms. The molecule has 0 bridgehead atoms. The Kier molecular flexibility index (Phi) is 4.25. The zero-order chi connectivity index (χ0) is 12.8. The van der Waals surface area contributed by atoms with Gasteiger partial charge in [0, 0.05) is 26.3 Å². The fraction of sp³-hybridized carbons (Fsp3) is 0.286. The standard InChI is InChI=1S/C14H18N4/c1-15-14-8-5-7-13(17-14)11-18(2)10-12-6-3-4-9-16-12/h3-9H,10-11H2,1-2H3,(H,15,17). The molecule has 0 saturated heterocycles. The third kappa shape index (κ3) is 3.53. The van der Waals surface area contributed by atoms with E-state index in [1.807, 2.05) is 49.6 Å². The highest BCUT2D eigenvalue weighted by atomic mass is 15.1. The van der Waals surface area contributed by atoms with Crippen molar-refractivity contribution in [3.63, 3.8) is 0 Å². The zero-order valence-corrected chi connectivity index (χ0v) is 10.8. The molecule has 2 heterocycles. The van der Waals surface area contributed by atoms with Crippen molar-refractivity contribution in [1.29, 1.82) is 0 Å². The van der Waals surface area contributed by atoms with Crippen LogP contribution in [0.2, 0.25) is 0 Å². The third-order valence-corrected chi connectivity index (χ3v) is 2.65. The number of hydrogen-bond acceptors (Lipinski definition) is 4. The molecule has 2 aromatic rings. The Morgan fingerprint density at radius 1 is 1.06 bits per heavy atom. The minimum atomic E-state index is 0.812. The van der Waals surface area contributed by atoms with Crippen LogP contribution in [0.1, 0.15) is 11.4 Å². The molecule has 4 nitrogen and oxygen atoms in total. The minimum absolute atomic E-state index is 0.812. The molecule has 0 atom stereocenters. The molecule has 2 aromatic heterocycles. The summed E-state index contributed by atoms with van der Waals surface area (Å²) in [6.45, 7) is 1.64. The average Bonchev–Trinajstić information content (AvgIpc) is 2.40. The Labute approximate surface area is 108 Å². The van der Waals surface area contributed by atoms with E-state index in [-0.39, 0.29) is 0 Å². The predicted octanol–water partition coefficient (Wildman–Crippen LogP) is 2.15. The first kappa shape index (κ1) is 12.5. The Balaban J connectivity index is 1.96. The van der Waals surface area contributed by atoms with Crippen molar-refractivity contribution in [2.75, 3.05) is 19.4 Å². The molecule has 0 aliphatic rings. The van der Waals surface area contributed by atoms with Crippen LogP contribution in [0.3, 0.4) is 0 Å². The lowest BCUT2D eigenvalue weighted by Crippen LogP contribution is -2.18. The van der Waals surface area contributed by atoms with Gasteiger partial charge in [0.05, 0.1) is 11.4 Å². The fourth-order valence-electron chi connectivity index (χ4n) is 1.81. The molecule has 0 aliphatic heterocycles. The maximum absolute atomic E-state index is 4.50. The first-order valence-corrected chi connectivity index (χ1v) is 6.00. The first-order chi connectivity index (χ1) is 8.78. The second-order valence-electron chi connectivity index (χ2n) is 4.26. The summed E-state index contributed by atoms with van der Waals surface area (Å²) in [6.07, 6.45) is 1.82. The molecule has 0 aromatic carbocycles. The number of anilines is 1. The van der Waals surface area contributed by atoms with Gasteiger partial charge in [-0.3, -0.25) is 9.88 Å². The van der Waals surface area contributed by atoms with Crippen molar-refractivity contribution >= 4 is 5.82 Å². The third-order valence-electron chi connectivity index (χ3n) is 2.65. The monoisotopic (exact) mass is 242 g/mol. The van der Waals surface area contributed by atoms with Gasteiger partial charge in [0.2, 0.25) is 0 Å². The van der Waals surface area contributed by atoms with Crippen molar-refractivity contribution in [1.82, 2.24) is 14.9 Å². The van der Waals surface area contributed by atoms with Crippen molar-refractivity contribution < 1.29 is 0 Å². The molecule has 0 amide bonds. The molecular formula is C14H18N4. The van der Waals surface area contributed by atoms with Gasteiger partial charge in [-0.1, -0.05) is 12.1 Å². The number of nitrogens with zero attached hydrogens (tertiary/aromatic N) is 3. The van der Waals surface area contributed by atoms with E-state index in [1.54, 1.807) is 0 Å². The summed E-state index contributed by atoms with van der Waals surface area (Å²) < 4.78 is 0. The van der Waals surface area contributed by atoms with Crippen LogP contribution in [0.15, 0.2) is 42.6 Å². The lowest BCUT2D eigenvalue weighted by atomic mass is 10.3. The summed E-state index contributed by atoms with van der Waals surface area (Å²) >= 11 is 0. The molecular weight excluding hydrogens is 224 g/mol. The fourth-order valence-corrected chi connectivity index (χ4v) is 1.81. The Bertz CT molecular complexity index is 484. The molecule has 0 saturated carbocycles. The Hall–Kier alpha value is -1.94. The van der Waals surface area contributed by atoms with Crippen LogP contribution in [0.4, 0.5) is 5.82 Å². The summed E-state index contributed by atoms with van der Waals surface area (Å²) in [5, 5.41) is 3.05. The highest BCUT2D eigenvalue weighted by molar-refractivity contribution is 5.34. The second-order valence-corrected chi connectivity index (χ2v) is 4.26. The van der Waals surface area contributed by atoms with Crippen molar-refractivity contribution in [2.45, 2.75) is 13.1 Å². The van der Waals surface area contributed by atoms with E-state index < -0.39 is 0 Å². The molecule has 2 rings (SSSR count). The Morgan fingerprint density at radius 3 is 2.56 bits per heavy atom. The molecule has 0 fully saturated rings. The lowest BCUT2D eigenvalue weighted by Gasteiger charge is -2.15. The smallest absolute Gasteiger partial charge is 0.126 e. The second kappa shape index (κ2) is 6.12. The van der Waals surface area contributed by atoms with Crippen LogP contribution >= 0.6 is 0 Å². The minimum Gasteiger partial charge on any atom is -0.373 e. The molecule has 0 aliphatic carbocycles. The van der Waals surface area contributed by atoms with Gasteiger partial charge in [0.15, 0.2) is 0 Å². The van der Waals surface area contributed by atoms with E-state index in [4.69, 9.17) is 0 Å².